The zero-order valence-corrected chi connectivity index (χ0v) is 27.7. The number of nitrogens with zero attached hydrogens (tertiary/aromatic N) is 2. The Morgan fingerprint density at radius 1 is 0.822 bits per heavy atom. The van der Waals surface area contributed by atoms with Crippen LogP contribution < -0.4 is 9.62 Å². The number of hydrogen-bond donors (Lipinski definition) is 1. The lowest BCUT2D eigenvalue weighted by atomic mass is 10.0. The van der Waals surface area contributed by atoms with Crippen LogP contribution in [0.5, 0.6) is 0 Å². The zero-order chi connectivity index (χ0) is 32.6. The van der Waals surface area contributed by atoms with Crippen LogP contribution in [0.1, 0.15) is 42.5 Å². The van der Waals surface area contributed by atoms with E-state index in [0.717, 1.165) is 26.6 Å². The van der Waals surface area contributed by atoms with E-state index >= 15 is 0 Å². The molecule has 4 rings (SSSR count). The Kier molecular flexibility index (Phi) is 11.4. The maximum atomic E-state index is 14.5. The third-order valence-corrected chi connectivity index (χ3v) is 9.75. The molecule has 0 fully saturated rings. The lowest BCUT2D eigenvalue weighted by Gasteiger charge is -2.34. The summed E-state index contributed by atoms with van der Waals surface area (Å²) < 4.78 is 29.3. The summed E-state index contributed by atoms with van der Waals surface area (Å²) in [5.74, 6) is -0.823. The molecule has 1 N–H and O–H groups in total. The number of carbonyl (C=O) groups excluding carboxylic acids is 2. The standard InChI is InChI=1S/C36H40ClN3O4S/c1-5-28(4)38-36(42)34(22-29-10-7-6-8-11-29)39(24-30-18-14-26(2)15-19-30)35(41)25-40(32-13-9-12-31(37)23-32)45(43,44)33-20-16-27(3)17-21-33/h6-21,23,28,34H,5,22,24-25H2,1-4H3,(H,38,42)/t28-,34+/m0/s1. The van der Waals surface area contributed by atoms with E-state index in [0.29, 0.717) is 11.4 Å². The summed E-state index contributed by atoms with van der Waals surface area (Å²) in [4.78, 5) is 30.0. The fourth-order valence-electron chi connectivity index (χ4n) is 4.88. The molecular weight excluding hydrogens is 606 g/mol. The molecule has 4 aromatic rings. The average molecular weight is 646 g/mol. The van der Waals surface area contributed by atoms with E-state index in [1.165, 1.54) is 23.1 Å². The van der Waals surface area contributed by atoms with Gasteiger partial charge in [0.2, 0.25) is 11.8 Å². The minimum absolute atomic E-state index is 0.0429. The van der Waals surface area contributed by atoms with Crippen molar-refractivity contribution in [1.29, 1.82) is 0 Å². The summed E-state index contributed by atoms with van der Waals surface area (Å²) in [6.45, 7) is 7.31. The first-order valence-corrected chi connectivity index (χ1v) is 16.8. The van der Waals surface area contributed by atoms with Gasteiger partial charge in [-0.05, 0) is 68.7 Å². The van der Waals surface area contributed by atoms with Crippen molar-refractivity contribution in [1.82, 2.24) is 10.2 Å². The smallest absolute Gasteiger partial charge is 0.264 e. The fraction of sp³-hybridized carbons (Fsp3) is 0.278. The van der Waals surface area contributed by atoms with Crippen LogP contribution in [-0.4, -0.2) is 43.8 Å². The predicted octanol–water partition coefficient (Wildman–Crippen LogP) is 6.71. The topological polar surface area (TPSA) is 86.8 Å². The van der Waals surface area contributed by atoms with Crippen LogP contribution in [0, 0.1) is 13.8 Å². The molecule has 2 atom stereocenters. The molecule has 0 aliphatic rings. The Morgan fingerprint density at radius 2 is 1.44 bits per heavy atom. The van der Waals surface area contributed by atoms with Gasteiger partial charge in [-0.15, -0.1) is 0 Å². The van der Waals surface area contributed by atoms with Crippen LogP contribution in [0.15, 0.2) is 108 Å². The zero-order valence-electron chi connectivity index (χ0n) is 26.1. The number of carbonyl (C=O) groups is 2. The van der Waals surface area contributed by atoms with Crippen LogP contribution >= 0.6 is 11.6 Å². The van der Waals surface area contributed by atoms with Gasteiger partial charge in [-0.2, -0.15) is 0 Å². The Morgan fingerprint density at radius 3 is 2.04 bits per heavy atom. The monoisotopic (exact) mass is 645 g/mol. The van der Waals surface area contributed by atoms with Gasteiger partial charge in [0.15, 0.2) is 0 Å². The minimum Gasteiger partial charge on any atom is -0.352 e. The molecule has 0 radical (unpaired) electrons. The minimum atomic E-state index is -4.20. The summed E-state index contributed by atoms with van der Waals surface area (Å²) in [5.41, 5.74) is 3.90. The first kappa shape index (κ1) is 33.7. The highest BCUT2D eigenvalue weighted by Gasteiger charge is 2.35. The normalized spacial score (nSPS) is 12.6. The number of sulfonamides is 1. The van der Waals surface area contributed by atoms with Crippen LogP contribution in [0.4, 0.5) is 5.69 Å². The van der Waals surface area contributed by atoms with E-state index in [1.807, 2.05) is 82.3 Å². The summed E-state index contributed by atoms with van der Waals surface area (Å²) in [5, 5.41) is 3.38. The number of anilines is 1. The van der Waals surface area contributed by atoms with Gasteiger partial charge in [0.25, 0.3) is 10.0 Å². The predicted molar refractivity (Wildman–Crippen MR) is 181 cm³/mol. The van der Waals surface area contributed by atoms with Gasteiger partial charge in [-0.1, -0.05) is 102 Å². The average Bonchev–Trinajstić information content (AvgIpc) is 3.02. The number of halogens is 1. The van der Waals surface area contributed by atoms with E-state index in [4.69, 9.17) is 11.6 Å². The molecule has 0 saturated heterocycles. The first-order chi connectivity index (χ1) is 21.5. The van der Waals surface area contributed by atoms with Crippen molar-refractivity contribution in [3.05, 3.63) is 130 Å². The van der Waals surface area contributed by atoms with Gasteiger partial charge >= 0.3 is 0 Å². The Bertz CT molecular complexity index is 1690. The molecule has 0 bridgehead atoms. The molecule has 0 aliphatic heterocycles. The van der Waals surface area contributed by atoms with Crippen molar-refractivity contribution in [2.45, 2.75) is 64.1 Å². The summed E-state index contributed by atoms with van der Waals surface area (Å²) in [7, 11) is -4.20. The van der Waals surface area contributed by atoms with Crippen molar-refractivity contribution in [3.8, 4) is 0 Å². The van der Waals surface area contributed by atoms with E-state index in [1.54, 1.807) is 30.3 Å². The maximum Gasteiger partial charge on any atom is 0.264 e. The van der Waals surface area contributed by atoms with Crippen molar-refractivity contribution < 1.29 is 18.0 Å². The second-order valence-electron chi connectivity index (χ2n) is 11.3. The van der Waals surface area contributed by atoms with Gasteiger partial charge in [-0.3, -0.25) is 13.9 Å². The summed E-state index contributed by atoms with van der Waals surface area (Å²) in [6.07, 6.45) is 0.968. The third kappa shape index (κ3) is 8.96. The number of aryl methyl sites for hydroxylation is 2. The number of benzene rings is 4. The third-order valence-electron chi connectivity index (χ3n) is 7.73. The molecular formula is C36H40ClN3O4S. The second kappa shape index (κ2) is 15.2. The molecule has 0 aliphatic carbocycles. The molecule has 0 heterocycles. The van der Waals surface area contributed by atoms with Gasteiger partial charge in [-0.25, -0.2) is 8.42 Å². The van der Waals surface area contributed by atoms with Crippen molar-refractivity contribution in [3.63, 3.8) is 0 Å². The van der Waals surface area contributed by atoms with Gasteiger partial charge in [0.05, 0.1) is 10.6 Å². The highest BCUT2D eigenvalue weighted by molar-refractivity contribution is 7.92. The molecule has 0 unspecified atom stereocenters. The number of nitrogens with one attached hydrogen (secondary N) is 1. The largest absolute Gasteiger partial charge is 0.352 e. The van der Waals surface area contributed by atoms with E-state index in [9.17, 15) is 18.0 Å². The molecule has 0 saturated carbocycles. The Balaban J connectivity index is 1.80. The molecule has 2 amide bonds. The van der Waals surface area contributed by atoms with Gasteiger partial charge in [0, 0.05) is 24.0 Å². The molecule has 4 aromatic carbocycles. The Labute approximate surface area is 271 Å². The second-order valence-corrected chi connectivity index (χ2v) is 13.6. The van der Waals surface area contributed by atoms with E-state index in [2.05, 4.69) is 5.32 Å². The molecule has 236 valence electrons. The van der Waals surface area contributed by atoms with Gasteiger partial charge < -0.3 is 10.2 Å². The van der Waals surface area contributed by atoms with E-state index < -0.39 is 28.5 Å². The maximum absolute atomic E-state index is 14.5. The molecule has 45 heavy (non-hydrogen) atoms. The highest BCUT2D eigenvalue weighted by atomic mass is 35.5. The lowest BCUT2D eigenvalue weighted by Crippen LogP contribution is -2.54. The number of amides is 2. The first-order valence-electron chi connectivity index (χ1n) is 15.0. The Hall–Kier alpha value is -4.14. The van der Waals surface area contributed by atoms with Crippen LogP contribution in [0.3, 0.4) is 0 Å². The van der Waals surface area contributed by atoms with Crippen molar-refractivity contribution in [2.75, 3.05) is 10.8 Å². The van der Waals surface area contributed by atoms with Crippen molar-refractivity contribution >= 4 is 39.1 Å². The van der Waals surface area contributed by atoms with Crippen molar-refractivity contribution in [2.24, 2.45) is 0 Å². The number of hydrogen-bond acceptors (Lipinski definition) is 4. The highest BCUT2D eigenvalue weighted by Crippen LogP contribution is 2.27. The van der Waals surface area contributed by atoms with E-state index in [-0.39, 0.29) is 35.5 Å². The molecule has 0 aromatic heterocycles. The van der Waals surface area contributed by atoms with Gasteiger partial charge in [0.1, 0.15) is 12.6 Å². The van der Waals surface area contributed by atoms with Crippen LogP contribution in [-0.2, 0) is 32.6 Å². The summed E-state index contributed by atoms with van der Waals surface area (Å²) in [6, 6.07) is 29.1. The lowest BCUT2D eigenvalue weighted by molar-refractivity contribution is -0.140. The van der Waals surface area contributed by atoms with Crippen LogP contribution in [0.2, 0.25) is 5.02 Å². The summed E-state index contributed by atoms with van der Waals surface area (Å²) >= 11 is 6.30. The molecule has 7 nitrogen and oxygen atoms in total. The molecule has 9 heteroatoms. The SMILES string of the molecule is CC[C@H](C)NC(=O)[C@@H](Cc1ccccc1)N(Cc1ccc(C)cc1)C(=O)CN(c1cccc(Cl)c1)S(=O)(=O)c1ccc(C)cc1. The fourth-order valence-corrected chi connectivity index (χ4v) is 6.47. The molecule has 0 spiro atoms. The number of rotatable bonds is 13. The van der Waals surface area contributed by atoms with Crippen LogP contribution in [0.25, 0.3) is 0 Å². The quantitative estimate of drug-likeness (QED) is 0.175.